The molecular weight excluding hydrogens is 362 g/mol. The van der Waals surface area contributed by atoms with Gasteiger partial charge in [-0.3, -0.25) is 4.79 Å². The van der Waals surface area contributed by atoms with E-state index in [4.69, 9.17) is 0 Å². The maximum atomic E-state index is 12.5. The Labute approximate surface area is 159 Å². The summed E-state index contributed by atoms with van der Waals surface area (Å²) < 4.78 is 26.1. The van der Waals surface area contributed by atoms with Crippen LogP contribution in [0, 0.1) is 6.92 Å². The molecule has 27 heavy (non-hydrogen) atoms. The topological polar surface area (TPSA) is 78.8 Å². The van der Waals surface area contributed by atoms with E-state index in [2.05, 4.69) is 22.7 Å². The van der Waals surface area contributed by atoms with Crippen molar-refractivity contribution in [3.63, 3.8) is 0 Å². The van der Waals surface area contributed by atoms with Crippen LogP contribution in [0.1, 0.15) is 23.1 Å². The Balaban J connectivity index is 1.60. The Kier molecular flexibility index (Phi) is 5.72. The number of amides is 1. The molecule has 0 bridgehead atoms. The fourth-order valence-corrected chi connectivity index (χ4v) is 4.14. The number of hydrogen-bond donors (Lipinski definition) is 1. The quantitative estimate of drug-likeness (QED) is 0.802. The summed E-state index contributed by atoms with van der Waals surface area (Å²) in [5.41, 5.74) is 6.89. The minimum atomic E-state index is -3.71. The average Bonchev–Trinajstić information content (AvgIpc) is 2.66. The van der Waals surface area contributed by atoms with E-state index in [1.807, 2.05) is 19.1 Å². The molecule has 1 aliphatic carbocycles. The molecule has 0 radical (unpaired) electrons. The molecule has 0 spiro atoms. The molecule has 0 atom stereocenters. The standard InChI is InChI=1S/C20H23N3O3S/c1-15-7-11-19(12-8-15)27(25,26)23(2)14-20(24)22-21-18-10-9-16-5-3-4-6-17(16)13-18/h3-8,11-12H,9-10,13-14H2,1-2H3,(H,22,24)/b21-18-. The highest BCUT2D eigenvalue weighted by Crippen LogP contribution is 2.19. The van der Waals surface area contributed by atoms with Crippen LogP contribution in [-0.4, -0.2) is 37.9 Å². The van der Waals surface area contributed by atoms with Crippen molar-refractivity contribution < 1.29 is 13.2 Å². The second-order valence-corrected chi connectivity index (χ2v) is 8.78. The van der Waals surface area contributed by atoms with Crippen molar-refractivity contribution in [1.29, 1.82) is 0 Å². The first kappa shape index (κ1) is 19.3. The number of benzene rings is 2. The van der Waals surface area contributed by atoms with Crippen molar-refractivity contribution in [2.45, 2.75) is 31.1 Å². The summed E-state index contributed by atoms with van der Waals surface area (Å²) in [6, 6.07) is 14.7. The van der Waals surface area contributed by atoms with E-state index in [-0.39, 0.29) is 11.4 Å². The van der Waals surface area contributed by atoms with Crippen LogP contribution in [0.4, 0.5) is 0 Å². The maximum Gasteiger partial charge on any atom is 0.255 e. The first-order valence-corrected chi connectivity index (χ1v) is 10.2. The predicted octanol–water partition coefficient (Wildman–Crippen LogP) is 2.28. The van der Waals surface area contributed by atoms with Crippen molar-refractivity contribution in [1.82, 2.24) is 9.73 Å². The molecule has 0 fully saturated rings. The molecule has 1 amide bonds. The Hall–Kier alpha value is -2.51. The number of hydrogen-bond acceptors (Lipinski definition) is 4. The van der Waals surface area contributed by atoms with Gasteiger partial charge in [0.05, 0.1) is 11.4 Å². The number of rotatable bonds is 5. The van der Waals surface area contributed by atoms with Gasteiger partial charge in [0.1, 0.15) is 0 Å². The molecule has 0 heterocycles. The number of carbonyl (C=O) groups is 1. The molecule has 7 heteroatoms. The molecule has 0 aliphatic heterocycles. The molecule has 1 aliphatic rings. The lowest BCUT2D eigenvalue weighted by atomic mass is 9.90. The van der Waals surface area contributed by atoms with Crippen molar-refractivity contribution in [2.75, 3.05) is 13.6 Å². The van der Waals surface area contributed by atoms with E-state index in [9.17, 15) is 13.2 Å². The Bertz CT molecular complexity index is 966. The molecule has 0 aromatic heterocycles. The molecule has 2 aromatic rings. The minimum Gasteiger partial charge on any atom is -0.272 e. The predicted molar refractivity (Wildman–Crippen MR) is 105 cm³/mol. The molecular formula is C20H23N3O3S. The van der Waals surface area contributed by atoms with E-state index in [1.54, 1.807) is 24.3 Å². The third-order valence-electron chi connectivity index (χ3n) is 4.63. The molecule has 6 nitrogen and oxygen atoms in total. The minimum absolute atomic E-state index is 0.165. The van der Waals surface area contributed by atoms with E-state index in [0.29, 0.717) is 6.42 Å². The summed E-state index contributed by atoms with van der Waals surface area (Å²) in [7, 11) is -2.32. The number of nitrogens with one attached hydrogen (secondary N) is 1. The molecule has 0 saturated carbocycles. The summed E-state index contributed by atoms with van der Waals surface area (Å²) in [6.07, 6.45) is 2.38. The van der Waals surface area contributed by atoms with Gasteiger partial charge in [-0.1, -0.05) is 42.0 Å². The number of aryl methyl sites for hydroxylation is 2. The lowest BCUT2D eigenvalue weighted by molar-refractivity contribution is -0.121. The third kappa shape index (κ3) is 4.61. The fourth-order valence-electron chi connectivity index (χ4n) is 3.01. The summed E-state index contributed by atoms with van der Waals surface area (Å²) in [4.78, 5) is 12.3. The van der Waals surface area contributed by atoms with E-state index >= 15 is 0 Å². The SMILES string of the molecule is Cc1ccc(S(=O)(=O)N(C)CC(=O)N/N=C2/CCc3ccccc3C2)cc1. The van der Waals surface area contributed by atoms with Crippen LogP contribution in [-0.2, 0) is 27.7 Å². The van der Waals surface area contributed by atoms with E-state index in [0.717, 1.165) is 28.4 Å². The van der Waals surface area contributed by atoms with Gasteiger partial charge in [-0.25, -0.2) is 13.8 Å². The fraction of sp³-hybridized carbons (Fsp3) is 0.300. The van der Waals surface area contributed by atoms with Gasteiger partial charge in [-0.05, 0) is 43.0 Å². The van der Waals surface area contributed by atoms with Crippen LogP contribution in [0.15, 0.2) is 58.5 Å². The number of sulfonamides is 1. The van der Waals surface area contributed by atoms with Gasteiger partial charge in [-0.15, -0.1) is 0 Å². The summed E-state index contributed by atoms with van der Waals surface area (Å²) in [5, 5.41) is 4.20. The number of carbonyl (C=O) groups excluding carboxylic acids is 1. The van der Waals surface area contributed by atoms with Crippen LogP contribution in [0.2, 0.25) is 0 Å². The van der Waals surface area contributed by atoms with E-state index in [1.165, 1.54) is 18.2 Å². The van der Waals surface area contributed by atoms with Gasteiger partial charge in [0, 0.05) is 19.2 Å². The zero-order chi connectivity index (χ0) is 19.4. The molecule has 0 saturated heterocycles. The molecule has 0 unspecified atom stereocenters. The first-order chi connectivity index (χ1) is 12.9. The highest BCUT2D eigenvalue weighted by Gasteiger charge is 2.23. The summed E-state index contributed by atoms with van der Waals surface area (Å²) in [5.74, 6) is -0.459. The van der Waals surface area contributed by atoms with Gasteiger partial charge < -0.3 is 0 Å². The lowest BCUT2D eigenvalue weighted by Gasteiger charge is -2.18. The molecule has 3 rings (SSSR count). The smallest absolute Gasteiger partial charge is 0.255 e. The second kappa shape index (κ2) is 8.02. The van der Waals surface area contributed by atoms with Crippen LogP contribution >= 0.6 is 0 Å². The van der Waals surface area contributed by atoms with Gasteiger partial charge in [0.15, 0.2) is 0 Å². The second-order valence-electron chi connectivity index (χ2n) is 6.73. The Morgan fingerprint density at radius 2 is 1.74 bits per heavy atom. The zero-order valence-corrected chi connectivity index (χ0v) is 16.3. The highest BCUT2D eigenvalue weighted by atomic mass is 32.2. The number of nitrogens with zero attached hydrogens (tertiary/aromatic N) is 2. The van der Waals surface area contributed by atoms with Crippen molar-refractivity contribution >= 4 is 21.6 Å². The number of likely N-dealkylation sites (N-methyl/N-ethyl adjacent to an activating group) is 1. The van der Waals surface area contributed by atoms with Crippen LogP contribution in [0.5, 0.6) is 0 Å². The van der Waals surface area contributed by atoms with Gasteiger partial charge in [0.25, 0.3) is 5.91 Å². The van der Waals surface area contributed by atoms with Crippen molar-refractivity contribution in [2.24, 2.45) is 5.10 Å². The third-order valence-corrected chi connectivity index (χ3v) is 6.45. The molecule has 142 valence electrons. The van der Waals surface area contributed by atoms with Gasteiger partial charge >= 0.3 is 0 Å². The molecule has 2 aromatic carbocycles. The van der Waals surface area contributed by atoms with Crippen molar-refractivity contribution in [3.8, 4) is 0 Å². The Morgan fingerprint density at radius 3 is 2.44 bits per heavy atom. The Morgan fingerprint density at radius 1 is 1.07 bits per heavy atom. The monoisotopic (exact) mass is 385 g/mol. The van der Waals surface area contributed by atoms with Gasteiger partial charge in [-0.2, -0.15) is 9.41 Å². The highest BCUT2D eigenvalue weighted by molar-refractivity contribution is 7.89. The van der Waals surface area contributed by atoms with Gasteiger partial charge in [0.2, 0.25) is 10.0 Å². The molecule has 1 N–H and O–H groups in total. The summed E-state index contributed by atoms with van der Waals surface area (Å²) in [6.45, 7) is 1.60. The maximum absolute atomic E-state index is 12.5. The zero-order valence-electron chi connectivity index (χ0n) is 15.5. The van der Waals surface area contributed by atoms with Crippen LogP contribution in [0.3, 0.4) is 0 Å². The average molecular weight is 385 g/mol. The van der Waals surface area contributed by atoms with Crippen molar-refractivity contribution in [3.05, 3.63) is 65.2 Å². The lowest BCUT2D eigenvalue weighted by Crippen LogP contribution is -2.37. The van der Waals surface area contributed by atoms with Crippen LogP contribution in [0.25, 0.3) is 0 Å². The normalized spacial score (nSPS) is 15.6. The number of fused-ring (bicyclic) bond motifs is 1. The van der Waals surface area contributed by atoms with E-state index < -0.39 is 15.9 Å². The van der Waals surface area contributed by atoms with Crippen LogP contribution < -0.4 is 5.43 Å². The first-order valence-electron chi connectivity index (χ1n) is 8.80. The largest absolute Gasteiger partial charge is 0.272 e. The summed E-state index contributed by atoms with van der Waals surface area (Å²) >= 11 is 0. The number of hydrazone groups is 1.